The number of hydrogen-bond acceptors (Lipinski definition) is 43. The van der Waals surface area contributed by atoms with Crippen molar-refractivity contribution in [2.75, 3.05) is 72.5 Å². The van der Waals surface area contributed by atoms with Gasteiger partial charge >= 0.3 is 0 Å². The summed E-state index contributed by atoms with van der Waals surface area (Å²) in [5, 5.41) is 228. The third-order valence-electron chi connectivity index (χ3n) is 20.4. The minimum Gasteiger partial charge on any atom is -0.394 e. The molecule has 0 bridgehead atoms. The SMILES string of the molecule is CC(=O)[C@H](CCCCN)NNC(=O)CCc1cn(CCCCC(=O)CCCO[C@H]2O[C@H](CO[C@H]3O[C@H](CO)[C@@H](O)[C@H](O)[C@@H]3O)[C@@H](O)[C@H](O[C@H]3O[C@H](CO)[C@@H](O)[C@H](O)[C@@H]3O)[C@@H]2O)nn1.CCNC(=O)CCc1cn(CCCCC(=O)NCCO[C@H]2O[C@H](CO[C@H]3O[C@H](CO)[C@@H](O)[C@H](O)[C@@H]3O)[C@@H](O)[C@H](O[C@H]3O[C@H](CO)[C@@H](O)[C@H](O)[C@@H]3O)[C@@H]2O)nn1. The number of rotatable bonds is 47. The first-order chi connectivity index (χ1) is 56.4. The zero-order valence-corrected chi connectivity index (χ0v) is 65.5. The average Bonchev–Trinajstić information content (AvgIpc) is 0.951. The summed E-state index contributed by atoms with van der Waals surface area (Å²) in [5.74, 6) is -0.810. The second kappa shape index (κ2) is 50.4. The summed E-state index contributed by atoms with van der Waals surface area (Å²) in [6, 6.07) is -0.492. The predicted molar refractivity (Wildman–Crippen MR) is 389 cm³/mol. The number of nitrogens with zero attached hydrogens (tertiary/aromatic N) is 6. The fourth-order valence-corrected chi connectivity index (χ4v) is 13.3. The van der Waals surface area contributed by atoms with Crippen LogP contribution < -0.4 is 27.2 Å². The monoisotopic (exact) mass is 1710 g/mol. The molecule has 6 aliphatic heterocycles. The van der Waals surface area contributed by atoms with Crippen molar-refractivity contribution >= 4 is 29.3 Å². The van der Waals surface area contributed by atoms with Crippen LogP contribution in [0.2, 0.25) is 0 Å². The second-order valence-corrected chi connectivity index (χ2v) is 29.4. The molecule has 0 spiro atoms. The second-order valence-electron chi connectivity index (χ2n) is 29.4. The van der Waals surface area contributed by atoms with E-state index in [0.717, 1.165) is 12.8 Å². The number of carbonyl (C=O) groups is 5. The highest BCUT2D eigenvalue weighted by Gasteiger charge is 2.55. The Morgan fingerprint density at radius 2 is 0.822 bits per heavy atom. The van der Waals surface area contributed by atoms with E-state index in [2.05, 4.69) is 42.1 Å². The van der Waals surface area contributed by atoms with Crippen molar-refractivity contribution in [1.82, 2.24) is 51.5 Å². The van der Waals surface area contributed by atoms with E-state index < -0.39 is 230 Å². The molecule has 26 N–H and O–H groups in total. The van der Waals surface area contributed by atoms with Gasteiger partial charge < -0.3 is 175 Å². The molecule has 6 aliphatic rings. The van der Waals surface area contributed by atoms with Crippen LogP contribution in [0, 0.1) is 0 Å². The summed E-state index contributed by atoms with van der Waals surface area (Å²) in [6.07, 6.45) is -40.2. The van der Waals surface area contributed by atoms with Crippen LogP contribution in [0.5, 0.6) is 0 Å². The number of aryl methyl sites for hydroxylation is 4. The largest absolute Gasteiger partial charge is 0.394 e. The van der Waals surface area contributed by atoms with Gasteiger partial charge in [0.2, 0.25) is 17.7 Å². The molecule has 6 fully saturated rings. The molecule has 8 heterocycles. The minimum absolute atomic E-state index is 0.0315. The van der Waals surface area contributed by atoms with Crippen LogP contribution in [0.4, 0.5) is 0 Å². The number of aromatic nitrogens is 6. The molecule has 0 aliphatic carbocycles. The zero-order chi connectivity index (χ0) is 86.4. The first-order valence-corrected chi connectivity index (χ1v) is 39.5. The number of aliphatic hydroxyl groups is 20. The highest BCUT2D eigenvalue weighted by Crippen LogP contribution is 2.34. The summed E-state index contributed by atoms with van der Waals surface area (Å²) < 4.78 is 70.0. The molecule has 2 aromatic rings. The third kappa shape index (κ3) is 29.2. The van der Waals surface area contributed by atoms with Gasteiger partial charge in [-0.3, -0.25) is 38.8 Å². The standard InChI is InChI=1S/C38H66N6O19.C32H55N5O18/c1-19(47)22(9-2-4-12-39)41-42-26(49)11-10-20-15-44(43-40-20)13-5-3-7-21(48)8-6-14-58-37-34(57)35(63-38-33(56)31(54)28(51)24(17-46)61-38)29(52)25(62-37)18-59-36-32(55)30(53)27(50)23(16-45)60-36;1-2-33-20(41)7-6-15-11-37(36-35-15)9-4-3-5-19(40)34-8-10-50-31-28(49)29(55-32-27(48)25(46)22(43)17(13-39)53-32)23(44)18(54-31)14-51-30-26(47)24(45)21(42)16(12-38)52-30/h15,22-25,27-38,41,45-46,50-57H,2-14,16-18,39H2,1H3,(H,42,49);11,16-18,21-32,38-39,42-49H,2-10,12-14H2,1H3,(H,33,41)(H,34,40)/t22-,23+,24+,25+,27+,28+,29+,30-,31-,32-,33-,34-,35-,36-,37-,38+;16-,17-,18-,21-,22-,23-,24+,25+,26+,27+,28+,29+,30+,31+,32-/m01/s1. The molecule has 678 valence electrons. The maximum absolute atomic E-state index is 12.7. The molecule has 2 aromatic heterocycles. The van der Waals surface area contributed by atoms with E-state index in [1.165, 1.54) is 6.92 Å². The van der Waals surface area contributed by atoms with E-state index in [-0.39, 0.29) is 81.2 Å². The summed E-state index contributed by atoms with van der Waals surface area (Å²) >= 11 is 0. The number of hydrazine groups is 1. The Balaban J connectivity index is 0.000000329. The van der Waals surface area contributed by atoms with Crippen molar-refractivity contribution in [1.29, 1.82) is 0 Å². The third-order valence-corrected chi connectivity index (χ3v) is 20.4. The summed E-state index contributed by atoms with van der Waals surface area (Å²) in [6.45, 7) is 0.746. The minimum atomic E-state index is -1.90. The van der Waals surface area contributed by atoms with Crippen LogP contribution >= 0.6 is 0 Å². The maximum Gasteiger partial charge on any atom is 0.234 e. The van der Waals surface area contributed by atoms with E-state index in [4.69, 9.17) is 62.6 Å². The van der Waals surface area contributed by atoms with E-state index in [1.807, 2.05) is 6.92 Å². The van der Waals surface area contributed by atoms with Crippen molar-refractivity contribution in [3.05, 3.63) is 23.8 Å². The summed E-state index contributed by atoms with van der Waals surface area (Å²) in [4.78, 5) is 60.9. The summed E-state index contributed by atoms with van der Waals surface area (Å²) in [5.41, 5.74) is 12.2. The van der Waals surface area contributed by atoms with Gasteiger partial charge in [-0.15, -0.1) is 10.2 Å². The number of Topliss-reactive ketones (excluding diaryl/α,β-unsaturated/α-hetero) is 2. The molecule has 48 heteroatoms. The Kier molecular flexibility index (Phi) is 42.6. The van der Waals surface area contributed by atoms with Gasteiger partial charge in [0.25, 0.3) is 0 Å². The van der Waals surface area contributed by atoms with Crippen molar-refractivity contribution in [2.24, 2.45) is 5.73 Å². The van der Waals surface area contributed by atoms with Crippen LogP contribution in [-0.4, -0.2) is 424 Å². The summed E-state index contributed by atoms with van der Waals surface area (Å²) in [7, 11) is 0. The Labute approximate surface area is 677 Å². The van der Waals surface area contributed by atoms with Gasteiger partial charge in [0.1, 0.15) is 158 Å². The van der Waals surface area contributed by atoms with Crippen LogP contribution in [0.3, 0.4) is 0 Å². The zero-order valence-electron chi connectivity index (χ0n) is 65.5. The number of ether oxygens (including phenoxy) is 12. The van der Waals surface area contributed by atoms with Gasteiger partial charge in [0.15, 0.2) is 37.7 Å². The van der Waals surface area contributed by atoms with E-state index in [9.17, 15) is 126 Å². The van der Waals surface area contributed by atoms with Gasteiger partial charge in [-0.25, -0.2) is 5.43 Å². The molecule has 0 radical (unpaired) electrons. The maximum atomic E-state index is 12.7. The molecule has 3 amide bonds. The fourth-order valence-electron chi connectivity index (χ4n) is 13.3. The number of amides is 3. The Bertz CT molecular complexity index is 3250. The molecule has 118 heavy (non-hydrogen) atoms. The van der Waals surface area contributed by atoms with Crippen molar-refractivity contribution in [3.8, 4) is 0 Å². The molecule has 8 rings (SSSR count). The molecule has 0 saturated carbocycles. The number of carbonyl (C=O) groups excluding carboxylic acids is 5. The fraction of sp³-hybridized carbons (Fsp3) is 0.871. The number of nitrogens with two attached hydrogens (primary N) is 1. The van der Waals surface area contributed by atoms with E-state index in [0.29, 0.717) is 88.9 Å². The number of unbranched alkanes of at least 4 members (excludes halogenated alkanes) is 3. The quantitative estimate of drug-likeness (QED) is 0.0216. The van der Waals surface area contributed by atoms with Gasteiger partial charge in [0, 0.05) is 83.5 Å². The molecular formula is C70H121N11O37. The molecule has 0 aromatic carbocycles. The van der Waals surface area contributed by atoms with Crippen LogP contribution in [0.15, 0.2) is 12.4 Å². The smallest absolute Gasteiger partial charge is 0.234 e. The topological polar surface area (TPSA) is 736 Å². The van der Waals surface area contributed by atoms with Crippen LogP contribution in [0.25, 0.3) is 0 Å². The number of hydrogen-bond donors (Lipinski definition) is 25. The highest BCUT2D eigenvalue weighted by atomic mass is 16.8. The molecule has 0 unspecified atom stereocenters. The number of ketones is 2. The van der Waals surface area contributed by atoms with E-state index >= 15 is 0 Å². The molecule has 6 saturated heterocycles. The first kappa shape index (κ1) is 99.8. The number of aliphatic hydroxyl groups excluding tert-OH is 20. The normalized spacial score (nSPS) is 35.3. The lowest BCUT2D eigenvalue weighted by Gasteiger charge is -2.46. The predicted octanol–water partition coefficient (Wildman–Crippen LogP) is -13.0. The van der Waals surface area contributed by atoms with Crippen molar-refractivity contribution in [3.63, 3.8) is 0 Å². The van der Waals surface area contributed by atoms with Crippen LogP contribution in [-0.2, 0) is 107 Å². The van der Waals surface area contributed by atoms with Crippen molar-refractivity contribution in [2.45, 2.75) is 314 Å². The van der Waals surface area contributed by atoms with Gasteiger partial charge in [-0.1, -0.05) is 16.8 Å². The van der Waals surface area contributed by atoms with Gasteiger partial charge in [-0.05, 0) is 65.3 Å². The van der Waals surface area contributed by atoms with Gasteiger partial charge in [-0.2, -0.15) is 0 Å². The average molecular weight is 1710 g/mol. The molecule has 31 atom stereocenters. The highest BCUT2D eigenvalue weighted by molar-refractivity contribution is 5.82. The number of nitrogens with one attached hydrogen (secondary N) is 4. The lowest BCUT2D eigenvalue weighted by molar-refractivity contribution is -0.366. The Morgan fingerprint density at radius 3 is 1.25 bits per heavy atom. The first-order valence-electron chi connectivity index (χ1n) is 39.5. The lowest BCUT2D eigenvalue weighted by atomic mass is 9.96. The Hall–Kier alpha value is -5.33. The Morgan fingerprint density at radius 1 is 0.432 bits per heavy atom. The molecule has 48 nitrogen and oxygen atoms in total. The van der Waals surface area contributed by atoms with Crippen LogP contribution in [0.1, 0.15) is 109 Å². The molecular weight excluding hydrogens is 1590 g/mol. The van der Waals surface area contributed by atoms with Gasteiger partial charge in [0.05, 0.1) is 70.3 Å². The van der Waals surface area contributed by atoms with Crippen molar-refractivity contribution < 1.29 is 183 Å². The van der Waals surface area contributed by atoms with E-state index in [1.54, 1.807) is 21.8 Å². The lowest BCUT2D eigenvalue weighted by Crippen LogP contribution is -2.65.